The highest BCUT2D eigenvalue weighted by Crippen LogP contribution is 2.48. The second-order valence-electron chi connectivity index (χ2n) is 8.32. The van der Waals surface area contributed by atoms with Crippen LogP contribution >= 0.6 is 11.3 Å². The molecule has 2 unspecified atom stereocenters. The van der Waals surface area contributed by atoms with E-state index < -0.39 is 5.67 Å². The van der Waals surface area contributed by atoms with E-state index >= 15 is 0 Å². The second-order valence-corrected chi connectivity index (χ2v) is 9.21. The number of anilines is 1. The number of hydrogen-bond acceptors (Lipinski definition) is 6. The van der Waals surface area contributed by atoms with Gasteiger partial charge in [-0.3, -0.25) is 4.79 Å². The largest absolute Gasteiger partial charge is 0.375 e. The van der Waals surface area contributed by atoms with E-state index in [2.05, 4.69) is 15.1 Å². The van der Waals surface area contributed by atoms with Crippen LogP contribution in [-0.2, 0) is 0 Å². The Morgan fingerprint density at radius 1 is 1.25 bits per heavy atom. The van der Waals surface area contributed by atoms with Gasteiger partial charge in [-0.2, -0.15) is 5.10 Å². The number of thiazole rings is 1. The van der Waals surface area contributed by atoms with Crippen LogP contribution in [0.4, 0.5) is 9.52 Å². The van der Waals surface area contributed by atoms with E-state index in [1.54, 1.807) is 13.1 Å². The number of H-pyrrole nitrogens is 1. The van der Waals surface area contributed by atoms with Gasteiger partial charge in [0.25, 0.3) is 5.56 Å². The fourth-order valence-electron chi connectivity index (χ4n) is 4.50. The number of halogens is 1. The lowest BCUT2D eigenvalue weighted by Gasteiger charge is -2.34. The predicted molar refractivity (Wildman–Crippen MR) is 106 cm³/mol. The van der Waals surface area contributed by atoms with E-state index in [9.17, 15) is 9.18 Å². The van der Waals surface area contributed by atoms with Crippen LogP contribution in [0.15, 0.2) is 16.4 Å². The number of nitrogens with one attached hydrogen (secondary N) is 1. The van der Waals surface area contributed by atoms with Crippen molar-refractivity contribution >= 4 is 27.5 Å². The first-order valence-electron chi connectivity index (χ1n) is 9.78. The van der Waals surface area contributed by atoms with Gasteiger partial charge in [0.2, 0.25) is 0 Å². The molecule has 2 fully saturated rings. The Balaban J connectivity index is 1.49. The third-order valence-electron chi connectivity index (χ3n) is 6.37. The van der Waals surface area contributed by atoms with Crippen molar-refractivity contribution < 1.29 is 4.39 Å². The zero-order valence-electron chi connectivity index (χ0n) is 15.7. The van der Waals surface area contributed by atoms with Crippen LogP contribution < -0.4 is 11.3 Å². The van der Waals surface area contributed by atoms with Gasteiger partial charge < -0.3 is 10.7 Å². The van der Waals surface area contributed by atoms with Crippen LogP contribution in [0.3, 0.4) is 0 Å². The maximum absolute atomic E-state index is 14.2. The van der Waals surface area contributed by atoms with Crippen LogP contribution in [-0.4, -0.2) is 30.4 Å². The number of aromatic amines is 1. The fourth-order valence-corrected chi connectivity index (χ4v) is 5.12. The van der Waals surface area contributed by atoms with Crippen molar-refractivity contribution in [2.75, 3.05) is 5.73 Å². The van der Waals surface area contributed by atoms with E-state index in [4.69, 9.17) is 10.7 Å². The van der Waals surface area contributed by atoms with Crippen LogP contribution in [0.25, 0.3) is 11.0 Å². The number of rotatable bonds is 3. The quantitative estimate of drug-likeness (QED) is 0.696. The summed E-state index contributed by atoms with van der Waals surface area (Å²) in [7, 11) is 0. The minimum atomic E-state index is -1.11. The molecule has 28 heavy (non-hydrogen) atoms. The summed E-state index contributed by atoms with van der Waals surface area (Å²) in [5.41, 5.74) is 6.09. The molecular formula is C19H23FN6OS. The van der Waals surface area contributed by atoms with Gasteiger partial charge in [0.1, 0.15) is 16.9 Å². The number of alkyl halides is 1. The van der Waals surface area contributed by atoms with E-state index in [1.807, 2.05) is 10.1 Å². The Morgan fingerprint density at radius 3 is 2.64 bits per heavy atom. The average molecular weight is 402 g/mol. The van der Waals surface area contributed by atoms with Gasteiger partial charge in [0, 0.05) is 17.2 Å². The van der Waals surface area contributed by atoms with Gasteiger partial charge in [0.05, 0.1) is 17.9 Å². The van der Waals surface area contributed by atoms with Crippen LogP contribution in [0.2, 0.25) is 0 Å². The lowest BCUT2D eigenvalue weighted by atomic mass is 9.71. The lowest BCUT2D eigenvalue weighted by molar-refractivity contribution is 0.103. The van der Waals surface area contributed by atoms with Gasteiger partial charge in [-0.05, 0) is 45.4 Å². The Bertz CT molecular complexity index is 1080. The van der Waals surface area contributed by atoms with Gasteiger partial charge in [-0.15, -0.1) is 11.3 Å². The molecule has 7 nitrogen and oxygen atoms in total. The van der Waals surface area contributed by atoms with E-state index in [0.717, 1.165) is 18.5 Å². The first kappa shape index (κ1) is 17.8. The highest BCUT2D eigenvalue weighted by Gasteiger charge is 2.37. The molecular weight excluding hydrogens is 379 g/mol. The van der Waals surface area contributed by atoms with E-state index in [-0.39, 0.29) is 23.4 Å². The zero-order chi connectivity index (χ0) is 19.5. The van der Waals surface area contributed by atoms with Gasteiger partial charge in [-0.25, -0.2) is 19.0 Å². The maximum Gasteiger partial charge on any atom is 0.262 e. The van der Waals surface area contributed by atoms with Crippen molar-refractivity contribution in [2.24, 2.45) is 0 Å². The molecule has 148 valence electrons. The molecule has 2 aliphatic rings. The first-order valence-corrected chi connectivity index (χ1v) is 10.7. The third-order valence-corrected chi connectivity index (χ3v) is 7.06. The van der Waals surface area contributed by atoms with E-state index in [0.29, 0.717) is 47.7 Å². The number of aromatic nitrogens is 5. The number of hydrogen-bond donors (Lipinski definition) is 2. The highest BCUT2D eigenvalue weighted by atomic mass is 32.1. The molecule has 0 radical (unpaired) electrons. The fraction of sp³-hybridized carbons (Fsp3) is 0.579. The molecule has 3 aromatic rings. The lowest BCUT2D eigenvalue weighted by Crippen LogP contribution is -2.29. The molecule has 0 saturated heterocycles. The van der Waals surface area contributed by atoms with Crippen LogP contribution in [0.5, 0.6) is 0 Å². The summed E-state index contributed by atoms with van der Waals surface area (Å²) in [6.45, 7) is 1.66. The number of nitrogen functional groups attached to an aromatic ring is 1. The Morgan fingerprint density at radius 2 is 2.00 bits per heavy atom. The molecule has 0 aromatic carbocycles. The minimum Gasteiger partial charge on any atom is -0.375 e. The summed E-state index contributed by atoms with van der Waals surface area (Å²) in [6.07, 6.45) is 5.96. The summed E-state index contributed by atoms with van der Waals surface area (Å²) in [5.74, 6) is 1.04. The van der Waals surface area contributed by atoms with Crippen molar-refractivity contribution in [1.29, 1.82) is 0 Å². The standard InChI is InChI=1S/C19H23FN6OS/c1-19(20)6-4-10(5-7-19)26-16-13(8-22-26)17(27)25-15(24-16)12-3-2-11(12)14-9-28-18(21)23-14/h8-12H,2-7H2,1H3,(H2,21,23)(H,24,25,27). The molecule has 2 aliphatic carbocycles. The van der Waals surface area contributed by atoms with Crippen LogP contribution in [0.1, 0.15) is 74.8 Å². The van der Waals surface area contributed by atoms with Crippen LogP contribution in [0, 0.1) is 0 Å². The molecule has 2 atom stereocenters. The van der Waals surface area contributed by atoms with Crippen molar-refractivity contribution in [3.05, 3.63) is 33.4 Å². The van der Waals surface area contributed by atoms with Crippen molar-refractivity contribution in [3.8, 4) is 0 Å². The Hall–Kier alpha value is -2.29. The second kappa shape index (κ2) is 6.37. The monoisotopic (exact) mass is 402 g/mol. The smallest absolute Gasteiger partial charge is 0.262 e. The van der Waals surface area contributed by atoms with Crippen molar-refractivity contribution in [3.63, 3.8) is 0 Å². The van der Waals surface area contributed by atoms with Crippen molar-refractivity contribution in [1.82, 2.24) is 24.7 Å². The molecule has 2 saturated carbocycles. The topological polar surface area (TPSA) is 102 Å². The number of nitrogens with two attached hydrogens (primary N) is 1. The molecule has 3 heterocycles. The zero-order valence-corrected chi connectivity index (χ0v) is 16.5. The number of fused-ring (bicyclic) bond motifs is 1. The summed E-state index contributed by atoms with van der Waals surface area (Å²) in [5, 5.41) is 7.48. The highest BCUT2D eigenvalue weighted by molar-refractivity contribution is 7.13. The Labute approximate surface area is 165 Å². The minimum absolute atomic E-state index is 0.0824. The average Bonchev–Trinajstić information content (AvgIpc) is 3.21. The molecule has 5 rings (SSSR count). The summed E-state index contributed by atoms with van der Waals surface area (Å²) >= 11 is 1.44. The SMILES string of the molecule is CC1(F)CCC(n2ncc3c(=O)[nH]c(C4CCC4c4csc(N)n4)nc32)CC1. The molecule has 0 aliphatic heterocycles. The molecule has 0 spiro atoms. The summed E-state index contributed by atoms with van der Waals surface area (Å²) < 4.78 is 16.0. The molecule has 9 heteroatoms. The van der Waals surface area contributed by atoms with Gasteiger partial charge in [-0.1, -0.05) is 0 Å². The predicted octanol–water partition coefficient (Wildman–Crippen LogP) is 3.66. The van der Waals surface area contributed by atoms with Crippen molar-refractivity contribution in [2.45, 2.75) is 69.0 Å². The molecule has 3 N–H and O–H groups in total. The molecule has 0 bridgehead atoms. The molecule has 3 aromatic heterocycles. The van der Waals surface area contributed by atoms with E-state index in [1.165, 1.54) is 11.3 Å². The van der Waals surface area contributed by atoms with Gasteiger partial charge in [0.15, 0.2) is 10.8 Å². The number of nitrogens with zero attached hydrogens (tertiary/aromatic N) is 4. The van der Waals surface area contributed by atoms with Gasteiger partial charge >= 0.3 is 0 Å². The normalized spacial score (nSPS) is 30.4. The molecule has 0 amide bonds. The summed E-state index contributed by atoms with van der Waals surface area (Å²) in [6, 6.07) is 0.0824. The summed E-state index contributed by atoms with van der Waals surface area (Å²) in [4.78, 5) is 24.8. The Kier molecular flexibility index (Phi) is 4.04. The first-order chi connectivity index (χ1) is 13.4. The third kappa shape index (κ3) is 2.92. The maximum atomic E-state index is 14.2.